The third-order valence-corrected chi connectivity index (χ3v) is 3.91. The second-order valence-electron chi connectivity index (χ2n) is 5.17. The maximum atomic E-state index is 3.32. The van der Waals surface area contributed by atoms with Crippen LogP contribution in [0.15, 0.2) is 72.9 Å². The summed E-state index contributed by atoms with van der Waals surface area (Å²) < 4.78 is 0. The lowest BCUT2D eigenvalue weighted by atomic mass is 9.94. The first-order chi connectivity index (χ1) is 9.92. The Morgan fingerprint density at radius 3 is 1.95 bits per heavy atom. The van der Waals surface area contributed by atoms with Gasteiger partial charge in [-0.1, -0.05) is 48.5 Å². The van der Waals surface area contributed by atoms with Crippen LogP contribution in [0.3, 0.4) is 0 Å². The Morgan fingerprint density at radius 1 is 0.700 bits per heavy atom. The molecule has 20 heavy (non-hydrogen) atoms. The average Bonchev–Trinajstić information content (AvgIpc) is 3.00. The largest absolute Gasteiger partial charge is 0.365 e. The third kappa shape index (κ3) is 1.79. The van der Waals surface area contributed by atoms with Crippen LogP contribution in [-0.4, -0.2) is 4.98 Å². The smallest absolute Gasteiger partial charge is 0.0192 e. The zero-order chi connectivity index (χ0) is 13.4. The Labute approximate surface area is 117 Å². The second-order valence-corrected chi connectivity index (χ2v) is 5.17. The standard InChI is InChI=1S/C19H15N/c1-3-9-17-14(6-1)12-15-7-2-4-10-18(15)19(17)13-16-8-5-11-20-16/h1-12,20H,13H2. The average molecular weight is 257 g/mol. The van der Waals surface area contributed by atoms with Crippen LogP contribution in [0.1, 0.15) is 11.3 Å². The van der Waals surface area contributed by atoms with Crippen molar-refractivity contribution in [3.63, 3.8) is 0 Å². The number of hydrogen-bond acceptors (Lipinski definition) is 0. The SMILES string of the molecule is c1c[nH]c(Cc2c3ccccc3cc3ccccc23)c1. The molecular weight excluding hydrogens is 242 g/mol. The molecular formula is C19H15N. The van der Waals surface area contributed by atoms with Crippen molar-refractivity contribution < 1.29 is 0 Å². The predicted molar refractivity (Wildman–Crippen MR) is 85.1 cm³/mol. The van der Waals surface area contributed by atoms with Gasteiger partial charge in [0, 0.05) is 18.3 Å². The van der Waals surface area contributed by atoms with E-state index in [0.717, 1.165) is 6.42 Å². The first-order valence-corrected chi connectivity index (χ1v) is 6.93. The fourth-order valence-corrected chi connectivity index (χ4v) is 2.97. The number of aromatic nitrogens is 1. The zero-order valence-corrected chi connectivity index (χ0v) is 11.1. The van der Waals surface area contributed by atoms with E-state index in [2.05, 4.69) is 71.7 Å². The number of H-pyrrole nitrogens is 1. The number of nitrogens with one attached hydrogen (secondary N) is 1. The first kappa shape index (κ1) is 11.3. The highest BCUT2D eigenvalue weighted by Crippen LogP contribution is 2.29. The maximum Gasteiger partial charge on any atom is 0.0192 e. The molecule has 3 aromatic carbocycles. The minimum atomic E-state index is 0.939. The number of aromatic amines is 1. The molecule has 1 heteroatoms. The van der Waals surface area contributed by atoms with Crippen molar-refractivity contribution in [1.29, 1.82) is 0 Å². The molecule has 0 aliphatic rings. The highest BCUT2D eigenvalue weighted by molar-refractivity contribution is 6.02. The van der Waals surface area contributed by atoms with Crippen molar-refractivity contribution in [1.82, 2.24) is 4.98 Å². The van der Waals surface area contributed by atoms with Gasteiger partial charge in [-0.25, -0.2) is 0 Å². The molecule has 0 saturated carbocycles. The van der Waals surface area contributed by atoms with Crippen LogP contribution in [0, 0.1) is 0 Å². The highest BCUT2D eigenvalue weighted by Gasteiger charge is 2.08. The summed E-state index contributed by atoms with van der Waals surface area (Å²) in [6.45, 7) is 0. The number of hydrogen-bond donors (Lipinski definition) is 1. The first-order valence-electron chi connectivity index (χ1n) is 6.93. The van der Waals surface area contributed by atoms with Gasteiger partial charge in [0.1, 0.15) is 0 Å². The minimum absolute atomic E-state index is 0.939. The molecule has 1 N–H and O–H groups in total. The summed E-state index contributed by atoms with van der Waals surface area (Å²) in [5, 5.41) is 5.32. The molecule has 0 unspecified atom stereocenters. The van der Waals surface area contributed by atoms with E-state index in [9.17, 15) is 0 Å². The Kier molecular flexibility index (Phi) is 2.56. The number of benzene rings is 3. The van der Waals surface area contributed by atoms with Crippen LogP contribution < -0.4 is 0 Å². The fraction of sp³-hybridized carbons (Fsp3) is 0.0526. The monoisotopic (exact) mass is 257 g/mol. The van der Waals surface area contributed by atoms with Gasteiger partial charge < -0.3 is 4.98 Å². The summed E-state index contributed by atoms with van der Waals surface area (Å²) in [6.07, 6.45) is 2.93. The molecule has 4 rings (SSSR count). The molecule has 0 radical (unpaired) electrons. The normalized spacial score (nSPS) is 11.2. The molecule has 0 bridgehead atoms. The molecule has 0 spiro atoms. The summed E-state index contributed by atoms with van der Waals surface area (Å²) in [5.41, 5.74) is 2.66. The van der Waals surface area contributed by atoms with Gasteiger partial charge in [0.2, 0.25) is 0 Å². The van der Waals surface area contributed by atoms with Gasteiger partial charge in [0.25, 0.3) is 0 Å². The molecule has 1 aromatic heterocycles. The van der Waals surface area contributed by atoms with Crippen LogP contribution in [0.25, 0.3) is 21.5 Å². The molecule has 4 aromatic rings. The highest BCUT2D eigenvalue weighted by atomic mass is 14.7. The fourth-order valence-electron chi connectivity index (χ4n) is 2.97. The van der Waals surface area contributed by atoms with E-state index in [1.165, 1.54) is 32.8 Å². The van der Waals surface area contributed by atoms with E-state index in [1.54, 1.807) is 0 Å². The van der Waals surface area contributed by atoms with Crippen molar-refractivity contribution >= 4 is 21.5 Å². The molecule has 0 fully saturated rings. The topological polar surface area (TPSA) is 15.8 Å². The van der Waals surface area contributed by atoms with Gasteiger partial charge in [-0.05, 0) is 45.3 Å². The Bertz CT molecular complexity index is 819. The second kappa shape index (κ2) is 4.53. The molecule has 0 atom stereocenters. The van der Waals surface area contributed by atoms with Crippen molar-refractivity contribution in [3.05, 3.63) is 84.2 Å². The Morgan fingerprint density at radius 2 is 1.35 bits per heavy atom. The van der Waals surface area contributed by atoms with E-state index in [-0.39, 0.29) is 0 Å². The van der Waals surface area contributed by atoms with Crippen LogP contribution >= 0.6 is 0 Å². The third-order valence-electron chi connectivity index (χ3n) is 3.91. The van der Waals surface area contributed by atoms with E-state index in [1.807, 2.05) is 6.20 Å². The van der Waals surface area contributed by atoms with Crippen LogP contribution in [0.5, 0.6) is 0 Å². The molecule has 96 valence electrons. The Balaban J connectivity index is 2.06. The number of rotatable bonds is 2. The van der Waals surface area contributed by atoms with Crippen molar-refractivity contribution in [2.24, 2.45) is 0 Å². The van der Waals surface area contributed by atoms with Crippen molar-refractivity contribution in [2.75, 3.05) is 0 Å². The summed E-state index contributed by atoms with van der Waals surface area (Å²) in [4.78, 5) is 3.32. The molecule has 0 aliphatic carbocycles. The van der Waals surface area contributed by atoms with Gasteiger partial charge in [0.05, 0.1) is 0 Å². The summed E-state index contributed by atoms with van der Waals surface area (Å²) in [5.74, 6) is 0. The van der Waals surface area contributed by atoms with E-state index in [0.29, 0.717) is 0 Å². The summed E-state index contributed by atoms with van der Waals surface area (Å²) in [6, 6.07) is 23.8. The van der Waals surface area contributed by atoms with E-state index in [4.69, 9.17) is 0 Å². The maximum absolute atomic E-state index is 3.32. The molecule has 0 saturated heterocycles. The molecule has 1 heterocycles. The zero-order valence-electron chi connectivity index (χ0n) is 11.1. The van der Waals surface area contributed by atoms with Gasteiger partial charge in [-0.3, -0.25) is 0 Å². The lowest BCUT2D eigenvalue weighted by molar-refractivity contribution is 1.13. The summed E-state index contributed by atoms with van der Waals surface area (Å²) >= 11 is 0. The quantitative estimate of drug-likeness (QED) is 0.491. The van der Waals surface area contributed by atoms with Crippen molar-refractivity contribution in [2.45, 2.75) is 6.42 Å². The van der Waals surface area contributed by atoms with Gasteiger partial charge >= 0.3 is 0 Å². The molecule has 0 aliphatic heterocycles. The van der Waals surface area contributed by atoms with E-state index >= 15 is 0 Å². The van der Waals surface area contributed by atoms with Gasteiger partial charge in [-0.15, -0.1) is 0 Å². The lowest BCUT2D eigenvalue weighted by Gasteiger charge is -2.11. The lowest BCUT2D eigenvalue weighted by Crippen LogP contribution is -1.92. The molecule has 0 amide bonds. The minimum Gasteiger partial charge on any atom is -0.365 e. The predicted octanol–water partition coefficient (Wildman–Crippen LogP) is 4.91. The van der Waals surface area contributed by atoms with E-state index < -0.39 is 0 Å². The summed E-state index contributed by atoms with van der Waals surface area (Å²) in [7, 11) is 0. The number of fused-ring (bicyclic) bond motifs is 2. The van der Waals surface area contributed by atoms with Crippen LogP contribution in [0.4, 0.5) is 0 Å². The van der Waals surface area contributed by atoms with Gasteiger partial charge in [-0.2, -0.15) is 0 Å². The van der Waals surface area contributed by atoms with Crippen molar-refractivity contribution in [3.8, 4) is 0 Å². The molecule has 1 nitrogen and oxygen atoms in total. The van der Waals surface area contributed by atoms with Crippen LogP contribution in [0.2, 0.25) is 0 Å². The van der Waals surface area contributed by atoms with Crippen LogP contribution in [-0.2, 0) is 6.42 Å². The Hall–Kier alpha value is -2.54. The van der Waals surface area contributed by atoms with Gasteiger partial charge in [0.15, 0.2) is 0 Å².